The summed E-state index contributed by atoms with van der Waals surface area (Å²) in [5, 5.41) is 1.48. The summed E-state index contributed by atoms with van der Waals surface area (Å²) in [5.41, 5.74) is 1.89. The minimum atomic E-state index is -0.533. The predicted molar refractivity (Wildman–Crippen MR) is 104 cm³/mol. The molecule has 136 valence electrons. The number of fused-ring (bicyclic) bond motifs is 2. The van der Waals surface area contributed by atoms with Crippen molar-refractivity contribution in [2.75, 3.05) is 6.61 Å². The van der Waals surface area contributed by atoms with Gasteiger partial charge >= 0.3 is 5.97 Å². The average molecular weight is 402 g/mol. The number of carbonyl (C=O) groups is 2. The standard InChI is InChI=1S/C20H13Cl2NO4/c1-2-26-20(25)18-14-5-3-4-6-23(14)15(10-24)17(18)16-8-11-7-12(21)9-13(22)19(11)27-16/h3-10H,2H2,1H3. The minimum absolute atomic E-state index is 0.209. The van der Waals surface area contributed by atoms with Crippen LogP contribution >= 0.6 is 23.2 Å². The van der Waals surface area contributed by atoms with Crippen LogP contribution in [0.2, 0.25) is 10.0 Å². The first-order valence-corrected chi connectivity index (χ1v) is 8.95. The van der Waals surface area contributed by atoms with Crippen molar-refractivity contribution in [1.29, 1.82) is 0 Å². The zero-order valence-electron chi connectivity index (χ0n) is 14.2. The third-order valence-electron chi connectivity index (χ3n) is 4.26. The van der Waals surface area contributed by atoms with E-state index < -0.39 is 5.97 Å². The van der Waals surface area contributed by atoms with Gasteiger partial charge in [-0.15, -0.1) is 0 Å². The van der Waals surface area contributed by atoms with Crippen LogP contribution in [0.25, 0.3) is 27.8 Å². The van der Waals surface area contributed by atoms with Gasteiger partial charge in [0, 0.05) is 16.6 Å². The number of benzene rings is 1. The van der Waals surface area contributed by atoms with Gasteiger partial charge in [0.05, 0.1) is 34.0 Å². The van der Waals surface area contributed by atoms with Crippen LogP contribution in [0.3, 0.4) is 0 Å². The molecule has 0 amide bonds. The molecule has 3 heterocycles. The zero-order valence-corrected chi connectivity index (χ0v) is 15.7. The summed E-state index contributed by atoms with van der Waals surface area (Å²) in [4.78, 5) is 24.6. The lowest BCUT2D eigenvalue weighted by atomic mass is 10.1. The number of carbonyl (C=O) groups excluding carboxylic acids is 2. The van der Waals surface area contributed by atoms with Gasteiger partial charge in [-0.1, -0.05) is 29.3 Å². The number of hydrogen-bond acceptors (Lipinski definition) is 4. The van der Waals surface area contributed by atoms with Crippen LogP contribution in [-0.2, 0) is 4.74 Å². The molecular weight excluding hydrogens is 389 g/mol. The number of aromatic nitrogens is 1. The molecule has 4 aromatic rings. The largest absolute Gasteiger partial charge is 0.462 e. The first kappa shape index (κ1) is 17.6. The Morgan fingerprint density at radius 3 is 2.81 bits per heavy atom. The second kappa shape index (κ2) is 6.76. The van der Waals surface area contributed by atoms with Gasteiger partial charge in [-0.2, -0.15) is 0 Å². The van der Waals surface area contributed by atoms with Crippen molar-refractivity contribution in [1.82, 2.24) is 4.40 Å². The molecule has 0 saturated heterocycles. The molecule has 0 aliphatic carbocycles. The Labute approximate surface area is 164 Å². The number of aldehydes is 1. The zero-order chi connectivity index (χ0) is 19.1. The molecule has 0 atom stereocenters. The van der Waals surface area contributed by atoms with Gasteiger partial charge in [-0.3, -0.25) is 4.79 Å². The van der Waals surface area contributed by atoms with E-state index in [0.29, 0.717) is 44.1 Å². The number of furan rings is 1. The maximum absolute atomic E-state index is 12.7. The van der Waals surface area contributed by atoms with Crippen molar-refractivity contribution in [3.8, 4) is 11.3 Å². The molecule has 0 N–H and O–H groups in total. The van der Waals surface area contributed by atoms with E-state index in [4.69, 9.17) is 32.4 Å². The van der Waals surface area contributed by atoms with E-state index in [0.717, 1.165) is 0 Å². The van der Waals surface area contributed by atoms with Gasteiger partial charge in [-0.05, 0) is 37.3 Å². The summed E-state index contributed by atoms with van der Waals surface area (Å²) in [7, 11) is 0. The molecule has 0 fully saturated rings. The highest BCUT2D eigenvalue weighted by Crippen LogP contribution is 2.39. The Bertz CT molecular complexity index is 1210. The second-order valence-electron chi connectivity index (χ2n) is 5.85. The highest BCUT2D eigenvalue weighted by Gasteiger charge is 2.27. The highest BCUT2D eigenvalue weighted by atomic mass is 35.5. The monoisotopic (exact) mass is 401 g/mol. The molecular formula is C20H13Cl2NO4. The smallest absolute Gasteiger partial charge is 0.341 e. The lowest BCUT2D eigenvalue weighted by Crippen LogP contribution is -2.05. The molecule has 0 saturated carbocycles. The van der Waals surface area contributed by atoms with E-state index in [1.807, 2.05) is 0 Å². The Balaban J connectivity index is 2.09. The van der Waals surface area contributed by atoms with Crippen molar-refractivity contribution < 1.29 is 18.7 Å². The number of nitrogens with zero attached hydrogens (tertiary/aromatic N) is 1. The number of ether oxygens (including phenoxy) is 1. The summed E-state index contributed by atoms with van der Waals surface area (Å²) in [6, 6.07) is 10.3. The van der Waals surface area contributed by atoms with Crippen LogP contribution in [0.5, 0.6) is 0 Å². The summed E-state index contributed by atoms with van der Waals surface area (Å²) in [6.45, 7) is 1.93. The van der Waals surface area contributed by atoms with Gasteiger partial charge in [-0.25, -0.2) is 4.79 Å². The molecule has 3 aromatic heterocycles. The van der Waals surface area contributed by atoms with Gasteiger partial charge in [0.2, 0.25) is 0 Å². The van der Waals surface area contributed by atoms with Gasteiger partial charge in [0.25, 0.3) is 0 Å². The van der Waals surface area contributed by atoms with Crippen LogP contribution in [0.4, 0.5) is 0 Å². The first-order chi connectivity index (χ1) is 13.0. The number of esters is 1. The molecule has 0 aliphatic heterocycles. The van der Waals surface area contributed by atoms with E-state index in [2.05, 4.69) is 0 Å². The second-order valence-corrected chi connectivity index (χ2v) is 6.69. The van der Waals surface area contributed by atoms with Crippen LogP contribution in [-0.4, -0.2) is 23.3 Å². The Kier molecular flexibility index (Phi) is 4.42. The van der Waals surface area contributed by atoms with E-state index >= 15 is 0 Å². The van der Waals surface area contributed by atoms with Crippen molar-refractivity contribution in [3.63, 3.8) is 0 Å². The fourth-order valence-corrected chi connectivity index (χ4v) is 3.76. The van der Waals surface area contributed by atoms with Crippen LogP contribution in [0.15, 0.2) is 47.0 Å². The number of pyridine rings is 1. The molecule has 4 rings (SSSR count). The molecule has 0 radical (unpaired) electrons. The Morgan fingerprint density at radius 2 is 2.07 bits per heavy atom. The van der Waals surface area contributed by atoms with Crippen molar-refractivity contribution in [2.45, 2.75) is 6.92 Å². The lowest BCUT2D eigenvalue weighted by Gasteiger charge is -2.03. The van der Waals surface area contributed by atoms with Crippen LogP contribution in [0.1, 0.15) is 27.8 Å². The van der Waals surface area contributed by atoms with Crippen LogP contribution < -0.4 is 0 Å². The number of rotatable bonds is 4. The molecule has 0 bridgehead atoms. The molecule has 27 heavy (non-hydrogen) atoms. The maximum Gasteiger partial charge on any atom is 0.341 e. The van der Waals surface area contributed by atoms with E-state index in [-0.39, 0.29) is 17.9 Å². The molecule has 5 nitrogen and oxygen atoms in total. The van der Waals surface area contributed by atoms with Gasteiger partial charge < -0.3 is 13.6 Å². The molecule has 0 aliphatic rings. The van der Waals surface area contributed by atoms with Crippen LogP contribution in [0, 0.1) is 0 Å². The highest BCUT2D eigenvalue weighted by molar-refractivity contribution is 6.38. The third kappa shape index (κ3) is 2.80. The molecule has 0 spiro atoms. The summed E-state index contributed by atoms with van der Waals surface area (Å²) in [5.74, 6) is -0.197. The van der Waals surface area contributed by atoms with Gasteiger partial charge in [0.15, 0.2) is 11.9 Å². The predicted octanol–water partition coefficient (Wildman–Crippen LogP) is 5.65. The van der Waals surface area contributed by atoms with Crippen molar-refractivity contribution in [2.24, 2.45) is 0 Å². The topological polar surface area (TPSA) is 60.9 Å². The molecule has 1 aromatic carbocycles. The third-order valence-corrected chi connectivity index (χ3v) is 4.75. The molecule has 0 unspecified atom stereocenters. The average Bonchev–Trinajstić information content (AvgIpc) is 3.20. The number of hydrogen-bond donors (Lipinski definition) is 0. The Hall–Kier alpha value is -2.76. The molecule has 7 heteroatoms. The fourth-order valence-electron chi connectivity index (χ4n) is 3.21. The van der Waals surface area contributed by atoms with E-state index in [1.165, 1.54) is 0 Å². The lowest BCUT2D eigenvalue weighted by molar-refractivity contribution is 0.0529. The minimum Gasteiger partial charge on any atom is -0.462 e. The number of halogens is 2. The quantitative estimate of drug-likeness (QED) is 0.327. The van der Waals surface area contributed by atoms with E-state index in [1.54, 1.807) is 53.9 Å². The van der Waals surface area contributed by atoms with E-state index in [9.17, 15) is 9.59 Å². The van der Waals surface area contributed by atoms with Crippen molar-refractivity contribution >= 4 is 51.9 Å². The summed E-state index contributed by atoms with van der Waals surface area (Å²) >= 11 is 12.3. The summed E-state index contributed by atoms with van der Waals surface area (Å²) < 4.78 is 12.8. The summed E-state index contributed by atoms with van der Waals surface area (Å²) in [6.07, 6.45) is 2.39. The van der Waals surface area contributed by atoms with Crippen molar-refractivity contribution in [3.05, 3.63) is 63.9 Å². The SMILES string of the molecule is CCOC(=O)c1c(-c2cc3cc(Cl)cc(Cl)c3o2)c(C=O)n2ccccc12. The van der Waals surface area contributed by atoms with Gasteiger partial charge in [0.1, 0.15) is 5.76 Å². The Morgan fingerprint density at radius 1 is 1.26 bits per heavy atom. The fraction of sp³-hybridized carbons (Fsp3) is 0.100. The normalized spacial score (nSPS) is 11.2. The maximum atomic E-state index is 12.7. The first-order valence-electron chi connectivity index (χ1n) is 8.19.